The summed E-state index contributed by atoms with van der Waals surface area (Å²) in [4.78, 5) is 16.2. The van der Waals surface area contributed by atoms with E-state index in [-0.39, 0.29) is 5.95 Å². The van der Waals surface area contributed by atoms with Gasteiger partial charge in [0.15, 0.2) is 0 Å². The number of hydrogen-bond donors (Lipinski definition) is 2. The van der Waals surface area contributed by atoms with Crippen molar-refractivity contribution in [3.05, 3.63) is 65.1 Å². The van der Waals surface area contributed by atoms with Crippen molar-refractivity contribution in [2.45, 2.75) is 0 Å². The number of halogens is 2. The van der Waals surface area contributed by atoms with Gasteiger partial charge in [-0.25, -0.2) is 0 Å². The molecule has 0 aliphatic heterocycles. The van der Waals surface area contributed by atoms with Crippen LogP contribution in [0, 0.1) is 0 Å². The molecule has 0 aliphatic rings. The van der Waals surface area contributed by atoms with Gasteiger partial charge in [-0.2, -0.15) is 0 Å². The maximum absolute atomic E-state index is 6.33. The fourth-order valence-electron chi connectivity index (χ4n) is 2.43. The van der Waals surface area contributed by atoms with Crippen molar-refractivity contribution in [3.63, 3.8) is 0 Å². The zero-order valence-electron chi connectivity index (χ0n) is 13.4. The molecule has 0 bridgehead atoms. The van der Waals surface area contributed by atoms with Gasteiger partial charge < -0.3 is 0 Å². The molecule has 1 aromatic carbocycles. The topological polar surface area (TPSA) is 80.5 Å². The first kappa shape index (κ1) is 18.7. The summed E-state index contributed by atoms with van der Waals surface area (Å²) < 4.78 is 1.82. The van der Waals surface area contributed by atoms with E-state index in [1.807, 2.05) is 34.7 Å². The number of nitrogens with zero attached hydrogens (tertiary/aromatic N) is 3. The van der Waals surface area contributed by atoms with Crippen molar-refractivity contribution in [2.75, 3.05) is 5.73 Å². The summed E-state index contributed by atoms with van der Waals surface area (Å²) >= 11 is 13.7. The number of nitrogens with two attached hydrogens (primary N) is 1. The summed E-state index contributed by atoms with van der Waals surface area (Å²) in [5.74, 6) is 0.692. The quantitative estimate of drug-likeness (QED) is 0.465. The van der Waals surface area contributed by atoms with Gasteiger partial charge in [-0.15, -0.1) is 0 Å². The van der Waals surface area contributed by atoms with Crippen LogP contribution in [-0.2, 0) is 19.4 Å². The van der Waals surface area contributed by atoms with Gasteiger partial charge in [0.2, 0.25) is 0 Å². The molecule has 0 saturated carbocycles. The van der Waals surface area contributed by atoms with E-state index in [1.165, 1.54) is 19.4 Å². The minimum atomic E-state index is 0.179. The van der Waals surface area contributed by atoms with Crippen molar-refractivity contribution in [1.82, 2.24) is 19.9 Å². The van der Waals surface area contributed by atoms with Crippen LogP contribution in [0.5, 0.6) is 0 Å². The van der Waals surface area contributed by atoms with Crippen LogP contribution in [-0.4, -0.2) is 24.3 Å². The third kappa shape index (κ3) is 3.85. The fraction of sp³-hybridized carbons (Fsp3) is 0. The first-order valence-corrected chi connectivity index (χ1v) is 9.90. The Morgan fingerprint density at radius 1 is 1.15 bits per heavy atom. The molecule has 2 heterocycles. The van der Waals surface area contributed by atoms with Crippen LogP contribution in [0.15, 0.2) is 59.2 Å². The van der Waals surface area contributed by atoms with Crippen molar-refractivity contribution >= 4 is 39.1 Å². The van der Waals surface area contributed by atoms with Gasteiger partial charge in [0.25, 0.3) is 0 Å². The van der Waals surface area contributed by atoms with Crippen LogP contribution in [0.1, 0.15) is 5.82 Å². The molecule has 8 heteroatoms. The number of anilines is 1. The molecule has 3 aromatic rings. The molecule has 0 saturated heterocycles. The Bertz CT molecular complexity index is 1010. The summed E-state index contributed by atoms with van der Waals surface area (Å²) in [7, 11) is 0. The third-order valence-electron chi connectivity index (χ3n) is 3.53. The second-order valence-corrected chi connectivity index (χ2v) is 6.93. The van der Waals surface area contributed by atoms with Gasteiger partial charge in [0.05, 0.1) is 0 Å². The summed E-state index contributed by atoms with van der Waals surface area (Å²) in [5, 5.41) is 0.789. The number of allylic oxidation sites excluding steroid dienone is 3. The number of nitrogen functional groups attached to an aromatic ring is 1. The molecular weight excluding hydrogens is 541 g/mol. The van der Waals surface area contributed by atoms with Crippen LogP contribution in [0.3, 0.4) is 0 Å². The zero-order valence-corrected chi connectivity index (χ0v) is 17.9. The van der Waals surface area contributed by atoms with Crippen LogP contribution in [0.4, 0.5) is 5.95 Å². The van der Waals surface area contributed by atoms with E-state index < -0.39 is 0 Å². The number of aromatic amines is 1. The van der Waals surface area contributed by atoms with Crippen molar-refractivity contribution in [2.24, 2.45) is 0 Å². The maximum atomic E-state index is 6.33. The molecule has 0 unspecified atom stereocenters. The van der Waals surface area contributed by atoms with Gasteiger partial charge in [0, 0.05) is 0 Å². The molecule has 3 N–H and O–H groups in total. The predicted molar refractivity (Wildman–Crippen MR) is 103 cm³/mol. The number of hydrogen-bond acceptors (Lipinski definition) is 4. The monoisotopic (exact) mass is 553 g/mol. The number of aromatic nitrogens is 4. The van der Waals surface area contributed by atoms with Crippen LogP contribution >= 0.6 is 23.2 Å². The molecule has 2 aromatic heterocycles. The Kier molecular flexibility index (Phi) is 5.82. The number of benzene rings is 1. The number of nitrogens with one attached hydrogen (secondary N) is 1. The van der Waals surface area contributed by atoms with Gasteiger partial charge in [-0.3, -0.25) is 0 Å². The number of H-pyrrole nitrogens is 1. The van der Waals surface area contributed by atoms with Crippen LogP contribution < -0.4 is 5.73 Å². The minimum absolute atomic E-state index is 0.179. The molecule has 130 valence electrons. The fourth-order valence-corrected chi connectivity index (χ4v) is 3.29. The van der Waals surface area contributed by atoms with Gasteiger partial charge in [0.1, 0.15) is 0 Å². The van der Waals surface area contributed by atoms with Gasteiger partial charge in [-0.05, 0) is 0 Å². The van der Waals surface area contributed by atoms with E-state index in [9.17, 15) is 0 Å². The van der Waals surface area contributed by atoms with Gasteiger partial charge >= 0.3 is 172 Å². The second kappa shape index (κ2) is 8.08. The first-order chi connectivity index (χ1) is 12.5. The number of rotatable bonds is 5. The third-order valence-corrected chi connectivity index (χ3v) is 5.38. The van der Waals surface area contributed by atoms with E-state index in [0.717, 1.165) is 5.56 Å². The molecule has 0 spiro atoms. The molecule has 5 nitrogen and oxygen atoms in total. The molecule has 0 amide bonds. The summed E-state index contributed by atoms with van der Waals surface area (Å²) in [6.07, 6.45) is 1.60. The van der Waals surface area contributed by atoms with E-state index >= 15 is 0 Å². The van der Waals surface area contributed by atoms with E-state index in [1.54, 1.807) is 12.3 Å². The Morgan fingerprint density at radius 2 is 1.88 bits per heavy atom. The zero-order chi connectivity index (χ0) is 18.7. The van der Waals surface area contributed by atoms with E-state index in [4.69, 9.17) is 33.9 Å². The molecule has 26 heavy (non-hydrogen) atoms. The van der Waals surface area contributed by atoms with Crippen LogP contribution in [0.25, 0.3) is 28.2 Å². The molecule has 0 fully saturated rings. The normalized spacial score (nSPS) is 11.8. The molecule has 0 radical (unpaired) electrons. The van der Waals surface area contributed by atoms with E-state index in [0.29, 0.717) is 38.5 Å². The van der Waals surface area contributed by atoms with Crippen LogP contribution in [0.2, 0.25) is 0 Å². The Hall–Kier alpha value is -2.07. The average Bonchev–Trinajstić information content (AvgIpc) is 3.07. The summed E-state index contributed by atoms with van der Waals surface area (Å²) in [5.41, 5.74) is 9.25. The Morgan fingerprint density at radius 3 is 2.50 bits per heavy atom. The van der Waals surface area contributed by atoms with Crippen molar-refractivity contribution in [1.29, 1.82) is 0 Å². The molecule has 0 aliphatic carbocycles. The molecular formula is C18H13Cl2N5W. The molecule has 0 atom stereocenters. The van der Waals surface area contributed by atoms with Crippen molar-refractivity contribution < 1.29 is 19.4 Å². The predicted octanol–water partition coefficient (Wildman–Crippen LogP) is 4.17. The Balaban J connectivity index is 2.28. The standard InChI is InChI=1S/C18H13Cl2N5.W/c1-10(19)14(11(2)20)17-24-15(12-6-4-3-5-7-12)16(25-17)13-8-9-22-18(21)23-13;/h1,3-9H,2H2,(H,24,25)(H2,21,22,23);. The number of imidazole rings is 1. The molecule has 3 rings (SSSR count). The average molecular weight is 554 g/mol. The SMILES string of the molecule is C=C(Cl)C(=C(Cl)[CH]=[W])c1nc(-c2ccccc2)c(-c2ccnc(N)n2)[nH]1. The summed E-state index contributed by atoms with van der Waals surface area (Å²) in [6.45, 7) is 3.81. The van der Waals surface area contributed by atoms with Crippen molar-refractivity contribution in [3.8, 4) is 22.6 Å². The summed E-state index contributed by atoms with van der Waals surface area (Å²) in [6, 6.07) is 11.5. The Labute approximate surface area is 171 Å². The first-order valence-electron chi connectivity index (χ1n) is 7.45. The second-order valence-electron chi connectivity index (χ2n) is 5.22. The van der Waals surface area contributed by atoms with Gasteiger partial charge in [-0.1, -0.05) is 0 Å². The van der Waals surface area contributed by atoms with E-state index in [2.05, 4.69) is 21.5 Å².